The molecule has 0 fully saturated rings. The minimum atomic E-state index is -0.125. The van der Waals surface area contributed by atoms with Gasteiger partial charge >= 0.3 is 0 Å². The van der Waals surface area contributed by atoms with Gasteiger partial charge in [0.05, 0.1) is 5.76 Å². The van der Waals surface area contributed by atoms with Gasteiger partial charge < -0.3 is 5.11 Å². The van der Waals surface area contributed by atoms with Crippen LogP contribution in [0.1, 0.15) is 66.5 Å². The maximum absolute atomic E-state index is 10.0. The molecule has 5 aromatic carbocycles. The molecular formula is C45H44IrNO2-. The van der Waals surface area contributed by atoms with E-state index in [1.165, 1.54) is 80.6 Å². The van der Waals surface area contributed by atoms with Gasteiger partial charge in [-0.2, -0.15) is 0 Å². The quantitative estimate of drug-likeness (QED) is 0.110. The van der Waals surface area contributed by atoms with Crippen molar-refractivity contribution in [3.8, 4) is 44.6 Å². The summed E-state index contributed by atoms with van der Waals surface area (Å²) in [6.07, 6.45) is 4.31. The van der Waals surface area contributed by atoms with Crippen molar-refractivity contribution in [3.63, 3.8) is 0 Å². The molecule has 3 nitrogen and oxygen atoms in total. The molecule has 7 rings (SSSR count). The van der Waals surface area contributed by atoms with Gasteiger partial charge in [-0.3, -0.25) is 9.78 Å². The van der Waals surface area contributed by atoms with Crippen molar-refractivity contribution in [1.82, 2.24) is 4.98 Å². The van der Waals surface area contributed by atoms with Crippen molar-refractivity contribution in [3.05, 3.63) is 126 Å². The van der Waals surface area contributed by atoms with E-state index in [1.54, 1.807) is 0 Å². The Hall–Kier alpha value is -4.37. The molecule has 1 radical (unpaired) electrons. The number of carbonyl (C=O) groups excluding carboxylic acids is 1. The summed E-state index contributed by atoms with van der Waals surface area (Å²) in [5, 5.41) is 13.2. The van der Waals surface area contributed by atoms with Crippen LogP contribution in [0, 0.1) is 11.5 Å². The van der Waals surface area contributed by atoms with Crippen LogP contribution in [0.2, 0.25) is 0 Å². The maximum Gasteiger partial charge on any atom is 0.155 e. The number of aliphatic hydroxyl groups is 1. The summed E-state index contributed by atoms with van der Waals surface area (Å²) in [6, 6.07) is 37.3. The largest absolute Gasteiger partial charge is 0.512 e. The van der Waals surface area contributed by atoms with E-state index in [1.807, 2.05) is 0 Å². The van der Waals surface area contributed by atoms with Gasteiger partial charge in [-0.1, -0.05) is 131 Å². The molecule has 0 saturated heterocycles. The van der Waals surface area contributed by atoms with Gasteiger partial charge in [0.25, 0.3) is 0 Å². The van der Waals surface area contributed by atoms with Gasteiger partial charge in [0, 0.05) is 43.6 Å². The fraction of sp³-hybridized carbons (Fsp3) is 0.244. The average Bonchev–Trinajstić information content (AvgIpc) is 3.13. The summed E-state index contributed by atoms with van der Waals surface area (Å²) in [6.45, 7) is 16.6. The van der Waals surface area contributed by atoms with Crippen molar-refractivity contribution in [2.75, 3.05) is 0 Å². The van der Waals surface area contributed by atoms with Crippen molar-refractivity contribution < 1.29 is 30.0 Å². The zero-order chi connectivity index (χ0) is 34.4. The second kappa shape index (κ2) is 13.9. The molecule has 0 aliphatic heterocycles. The summed E-state index contributed by atoms with van der Waals surface area (Å²) in [4.78, 5) is 15.2. The third-order valence-electron chi connectivity index (χ3n) is 8.78. The third-order valence-corrected chi connectivity index (χ3v) is 8.78. The number of nitrogens with zero attached hydrogens (tertiary/aromatic N) is 1. The zero-order valence-corrected chi connectivity index (χ0v) is 32.1. The third kappa shape index (κ3) is 7.47. The van der Waals surface area contributed by atoms with Crippen molar-refractivity contribution in [2.24, 2.45) is 5.41 Å². The molecule has 0 atom stereocenters. The molecule has 49 heavy (non-hydrogen) atoms. The molecule has 1 aliphatic rings. The molecule has 0 unspecified atom stereocenters. The number of hydrogen-bond acceptors (Lipinski definition) is 3. The molecule has 0 bridgehead atoms. The normalized spacial score (nSPS) is 12.3. The zero-order valence-electron chi connectivity index (χ0n) is 29.7. The Balaban J connectivity index is 0.000000532. The number of carbonyl (C=O) groups is 1. The molecule has 4 heteroatoms. The summed E-state index contributed by atoms with van der Waals surface area (Å²) < 4.78 is 0. The molecule has 0 saturated carbocycles. The number of benzene rings is 5. The van der Waals surface area contributed by atoms with E-state index < -0.39 is 0 Å². The van der Waals surface area contributed by atoms with E-state index in [9.17, 15) is 4.79 Å². The van der Waals surface area contributed by atoms with Crippen LogP contribution >= 0.6 is 0 Å². The van der Waals surface area contributed by atoms with Crippen LogP contribution in [0.15, 0.2) is 109 Å². The van der Waals surface area contributed by atoms with Gasteiger partial charge in [-0.25, -0.2) is 0 Å². The second-order valence-electron chi connectivity index (χ2n) is 15.2. The molecule has 0 amide bonds. The summed E-state index contributed by atoms with van der Waals surface area (Å²) in [5.41, 5.74) is 12.5. The molecular weight excluding hydrogens is 779 g/mol. The van der Waals surface area contributed by atoms with E-state index in [0.717, 1.165) is 23.1 Å². The summed E-state index contributed by atoms with van der Waals surface area (Å²) in [5.74, 6) is -0.0625. The van der Waals surface area contributed by atoms with Crippen LogP contribution in [0.25, 0.3) is 66.2 Å². The molecule has 1 aromatic heterocycles. The number of aromatic nitrogens is 1. The van der Waals surface area contributed by atoms with E-state index in [-0.39, 0.29) is 42.5 Å². The smallest absolute Gasteiger partial charge is 0.155 e. The fourth-order valence-corrected chi connectivity index (χ4v) is 6.94. The van der Waals surface area contributed by atoms with E-state index in [0.29, 0.717) is 0 Å². The first-order valence-corrected chi connectivity index (χ1v) is 16.7. The average molecular weight is 823 g/mol. The molecule has 1 N–H and O–H groups in total. The molecule has 6 aromatic rings. The number of pyridine rings is 1. The fourth-order valence-electron chi connectivity index (χ4n) is 6.94. The first-order valence-electron chi connectivity index (χ1n) is 16.7. The number of ketones is 1. The maximum atomic E-state index is 10.0. The SMILES string of the molecule is CC(=O)/C=C(/C)O.CC(C)(C)Cc1ccc2c(c1)-c1ccccc1-c1cnc(-c3[c-]c4ccccc4c(C(C)(C)C)c3)c3cccc-2c13.[Ir]. The molecule has 0 spiro atoms. The predicted octanol–water partition coefficient (Wildman–Crippen LogP) is 12.1. The van der Waals surface area contributed by atoms with Crippen molar-refractivity contribution in [2.45, 2.75) is 67.2 Å². The van der Waals surface area contributed by atoms with Crippen molar-refractivity contribution >= 4 is 27.3 Å². The Morgan fingerprint density at radius 2 is 1.35 bits per heavy atom. The van der Waals surface area contributed by atoms with E-state index >= 15 is 0 Å². The first-order chi connectivity index (χ1) is 22.7. The predicted molar refractivity (Wildman–Crippen MR) is 202 cm³/mol. The van der Waals surface area contributed by atoms with Gasteiger partial charge in [0.2, 0.25) is 0 Å². The number of allylic oxidation sites excluding steroid dienone is 2. The number of hydrogen-bond donors (Lipinski definition) is 1. The monoisotopic (exact) mass is 823 g/mol. The Labute approximate surface area is 304 Å². The van der Waals surface area contributed by atoms with Crippen molar-refractivity contribution in [1.29, 1.82) is 0 Å². The van der Waals surface area contributed by atoms with Crippen LogP contribution in [0.5, 0.6) is 0 Å². The van der Waals surface area contributed by atoms with Crippen LogP contribution in [0.4, 0.5) is 0 Å². The number of rotatable bonds is 3. The molecule has 251 valence electrons. The Morgan fingerprint density at radius 3 is 1.98 bits per heavy atom. The van der Waals surface area contributed by atoms with Gasteiger partial charge in [-0.05, 0) is 75.3 Å². The molecule has 1 aliphatic carbocycles. The number of aliphatic hydroxyl groups excluding tert-OH is 1. The Bertz CT molecular complexity index is 2230. The standard InChI is InChI=1S/C40H36N.C5H8O2.Ir/c1-39(2,3)23-25-18-19-31-32-16-11-17-33-37(32)35(30-15-10-9-14-29(30)34(31)20-25)24-41-38(33)27-21-26-12-7-8-13-28(26)36(22-27)40(4,5)6;1-4(6)3-5(2)7;/h7-20,22,24H,23H2,1-6H3;3,6H,1-2H3;/q-1;;/b;4-3-;. The van der Waals surface area contributed by atoms with E-state index in [4.69, 9.17) is 10.1 Å². The van der Waals surface area contributed by atoms with Gasteiger partial charge in [-0.15, -0.1) is 29.1 Å². The van der Waals surface area contributed by atoms with Crippen LogP contribution in [-0.2, 0) is 36.7 Å². The number of fused-ring (bicyclic) bond motifs is 6. The minimum Gasteiger partial charge on any atom is -0.512 e. The first kappa shape index (κ1) is 35.9. The summed E-state index contributed by atoms with van der Waals surface area (Å²) in [7, 11) is 0. The van der Waals surface area contributed by atoms with Crippen LogP contribution < -0.4 is 0 Å². The van der Waals surface area contributed by atoms with E-state index in [2.05, 4.69) is 145 Å². The summed E-state index contributed by atoms with van der Waals surface area (Å²) >= 11 is 0. The Morgan fingerprint density at radius 1 is 0.735 bits per heavy atom. The topological polar surface area (TPSA) is 50.2 Å². The Kier molecular flexibility index (Phi) is 10.2. The van der Waals surface area contributed by atoms with Crippen LogP contribution in [-0.4, -0.2) is 15.9 Å². The van der Waals surface area contributed by atoms with Gasteiger partial charge in [0.15, 0.2) is 5.78 Å². The van der Waals surface area contributed by atoms with Crippen LogP contribution in [0.3, 0.4) is 0 Å². The van der Waals surface area contributed by atoms with Gasteiger partial charge in [0.1, 0.15) is 0 Å². The molecule has 1 heterocycles. The second-order valence-corrected chi connectivity index (χ2v) is 15.2. The minimum absolute atomic E-state index is 0.